The molecule has 4 bridgehead atoms. The fraction of sp³-hybridized carbons (Fsp3) is 0.417. The van der Waals surface area contributed by atoms with Crippen LogP contribution < -0.4 is 5.32 Å². The summed E-state index contributed by atoms with van der Waals surface area (Å²) in [6.07, 6.45) is 12.1. The van der Waals surface area contributed by atoms with E-state index in [1.54, 1.807) is 7.11 Å². The largest absolute Gasteiger partial charge is 0.371 e. The van der Waals surface area contributed by atoms with Gasteiger partial charge in [-0.05, 0) is 6.08 Å². The van der Waals surface area contributed by atoms with Gasteiger partial charge in [0.05, 0.1) is 12.0 Å². The van der Waals surface area contributed by atoms with E-state index in [1.165, 1.54) is 0 Å². The zero-order valence-corrected chi connectivity index (χ0v) is 8.51. The highest BCUT2D eigenvalue weighted by Crippen LogP contribution is 2.44. The lowest BCUT2D eigenvalue weighted by Gasteiger charge is -2.37. The van der Waals surface area contributed by atoms with Gasteiger partial charge in [-0.2, -0.15) is 0 Å². The van der Waals surface area contributed by atoms with Gasteiger partial charge in [0.2, 0.25) is 5.91 Å². The summed E-state index contributed by atoms with van der Waals surface area (Å²) in [5.41, 5.74) is -0.486. The maximum absolute atomic E-state index is 11.9. The number of carbonyl (C=O) groups excluding carboxylic acids is 1. The number of hydrogen-bond acceptors (Lipinski definition) is 2. The summed E-state index contributed by atoms with van der Waals surface area (Å²) in [5.74, 6) is 0.124. The molecule has 1 saturated heterocycles. The van der Waals surface area contributed by atoms with Gasteiger partial charge in [-0.15, -0.1) is 0 Å². The van der Waals surface area contributed by atoms with Crippen LogP contribution in [0.3, 0.4) is 0 Å². The predicted octanol–water partition coefficient (Wildman–Crippen LogP) is 0.798. The second kappa shape index (κ2) is 2.83. The van der Waals surface area contributed by atoms with Crippen LogP contribution in [0.25, 0.3) is 0 Å². The van der Waals surface area contributed by atoms with Crippen LogP contribution in [-0.2, 0) is 9.53 Å². The van der Waals surface area contributed by atoms with Crippen molar-refractivity contribution < 1.29 is 9.53 Å². The Hall–Kier alpha value is -1.35. The van der Waals surface area contributed by atoms with E-state index >= 15 is 0 Å². The van der Waals surface area contributed by atoms with Gasteiger partial charge >= 0.3 is 0 Å². The normalized spacial score (nSPS) is 45.4. The molecule has 1 aliphatic heterocycles. The maximum atomic E-state index is 11.9. The molecule has 1 heterocycles. The number of allylic oxidation sites excluding steroid dienone is 4. The highest BCUT2D eigenvalue weighted by molar-refractivity contribution is 5.86. The van der Waals surface area contributed by atoms with Crippen LogP contribution >= 0.6 is 0 Å². The Labute approximate surface area is 88.5 Å². The number of methoxy groups -OCH3 is 1. The van der Waals surface area contributed by atoms with Crippen molar-refractivity contribution in [2.24, 2.45) is 11.8 Å². The molecule has 4 atom stereocenters. The zero-order chi connectivity index (χ0) is 10.5. The third-order valence-electron chi connectivity index (χ3n) is 3.62. The Balaban J connectivity index is 2.19. The van der Waals surface area contributed by atoms with Crippen molar-refractivity contribution in [3.8, 4) is 0 Å². The summed E-state index contributed by atoms with van der Waals surface area (Å²) in [6, 6.07) is -0.0209. The highest BCUT2D eigenvalue weighted by Gasteiger charge is 2.57. The molecular weight excluding hydrogens is 190 g/mol. The fourth-order valence-corrected chi connectivity index (χ4v) is 2.88. The molecule has 0 aromatic rings. The molecule has 0 saturated carbocycles. The molecule has 0 spiro atoms. The summed E-state index contributed by atoms with van der Waals surface area (Å²) in [5, 5.41) is 2.97. The van der Waals surface area contributed by atoms with Crippen molar-refractivity contribution in [2.45, 2.75) is 11.6 Å². The second-order valence-electron chi connectivity index (χ2n) is 4.23. The van der Waals surface area contributed by atoms with Crippen molar-refractivity contribution in [3.05, 3.63) is 36.5 Å². The third kappa shape index (κ3) is 0.960. The van der Waals surface area contributed by atoms with Gasteiger partial charge in [-0.3, -0.25) is 4.79 Å². The van der Waals surface area contributed by atoms with E-state index in [2.05, 4.69) is 17.5 Å². The Morgan fingerprint density at radius 2 is 2.20 bits per heavy atom. The Morgan fingerprint density at radius 1 is 1.33 bits per heavy atom. The second-order valence-corrected chi connectivity index (χ2v) is 4.23. The Bertz CT molecular complexity index is 396. The van der Waals surface area contributed by atoms with Crippen molar-refractivity contribution in [3.63, 3.8) is 0 Å². The molecule has 3 rings (SSSR count). The molecule has 0 aromatic carbocycles. The van der Waals surface area contributed by atoms with Gasteiger partial charge in [0, 0.05) is 13.0 Å². The third-order valence-corrected chi connectivity index (χ3v) is 3.62. The minimum absolute atomic E-state index is 0.0209. The van der Waals surface area contributed by atoms with Crippen LogP contribution in [0.4, 0.5) is 0 Å². The first-order valence-electron chi connectivity index (χ1n) is 5.18. The molecule has 3 heteroatoms. The summed E-state index contributed by atoms with van der Waals surface area (Å²) < 4.78 is 5.63. The van der Waals surface area contributed by atoms with Crippen LogP contribution in [0.5, 0.6) is 0 Å². The molecule has 1 fully saturated rings. The molecule has 1 amide bonds. The monoisotopic (exact) mass is 203 g/mol. The summed E-state index contributed by atoms with van der Waals surface area (Å²) in [4.78, 5) is 11.9. The topological polar surface area (TPSA) is 38.3 Å². The number of amides is 1. The SMILES string of the molecule is CO[C@]12C=CC=C[C@H]3C=C[C@H]1NC(=O)[C@@H]32. The first-order valence-corrected chi connectivity index (χ1v) is 5.18. The lowest BCUT2D eigenvalue weighted by atomic mass is 9.73. The van der Waals surface area contributed by atoms with E-state index in [0.717, 1.165) is 0 Å². The van der Waals surface area contributed by atoms with E-state index in [-0.39, 0.29) is 23.8 Å². The van der Waals surface area contributed by atoms with Gasteiger partial charge in [-0.25, -0.2) is 0 Å². The highest BCUT2D eigenvalue weighted by atomic mass is 16.5. The summed E-state index contributed by atoms with van der Waals surface area (Å²) in [6.45, 7) is 0. The smallest absolute Gasteiger partial charge is 0.227 e. The fourth-order valence-electron chi connectivity index (χ4n) is 2.88. The van der Waals surface area contributed by atoms with E-state index in [9.17, 15) is 4.79 Å². The predicted molar refractivity (Wildman–Crippen MR) is 56.1 cm³/mol. The van der Waals surface area contributed by atoms with E-state index in [0.29, 0.717) is 0 Å². The van der Waals surface area contributed by atoms with Gasteiger partial charge in [0.1, 0.15) is 5.60 Å². The number of carbonyl (C=O) groups is 1. The van der Waals surface area contributed by atoms with E-state index < -0.39 is 5.60 Å². The molecule has 1 N–H and O–H groups in total. The van der Waals surface area contributed by atoms with Crippen LogP contribution in [-0.4, -0.2) is 24.7 Å². The minimum Gasteiger partial charge on any atom is -0.371 e. The first kappa shape index (κ1) is 8.92. The van der Waals surface area contributed by atoms with E-state index in [4.69, 9.17) is 4.74 Å². The number of nitrogens with one attached hydrogen (secondary N) is 1. The lowest BCUT2D eigenvalue weighted by Crippen LogP contribution is -2.48. The molecule has 3 aliphatic rings. The van der Waals surface area contributed by atoms with Crippen molar-refractivity contribution in [2.75, 3.05) is 7.11 Å². The van der Waals surface area contributed by atoms with Crippen molar-refractivity contribution >= 4 is 5.91 Å². The van der Waals surface area contributed by atoms with Gasteiger partial charge in [0.25, 0.3) is 0 Å². The molecular formula is C12H13NO2. The Morgan fingerprint density at radius 3 is 3.00 bits per heavy atom. The summed E-state index contributed by atoms with van der Waals surface area (Å²) in [7, 11) is 1.67. The molecule has 0 aromatic heterocycles. The van der Waals surface area contributed by atoms with Crippen molar-refractivity contribution in [1.82, 2.24) is 5.32 Å². The first-order chi connectivity index (χ1) is 7.28. The minimum atomic E-state index is -0.486. The molecule has 2 aliphatic carbocycles. The van der Waals surface area contributed by atoms with Crippen LogP contribution in [0.15, 0.2) is 36.5 Å². The average Bonchev–Trinajstić information content (AvgIpc) is 2.39. The molecule has 0 radical (unpaired) electrons. The zero-order valence-electron chi connectivity index (χ0n) is 8.51. The average molecular weight is 203 g/mol. The number of rotatable bonds is 1. The Kier molecular flexibility index (Phi) is 1.68. The maximum Gasteiger partial charge on any atom is 0.227 e. The van der Waals surface area contributed by atoms with E-state index in [1.807, 2.05) is 24.3 Å². The molecule has 0 unspecified atom stereocenters. The van der Waals surface area contributed by atoms with Crippen molar-refractivity contribution in [1.29, 1.82) is 0 Å². The van der Waals surface area contributed by atoms with Crippen LogP contribution in [0.1, 0.15) is 0 Å². The van der Waals surface area contributed by atoms with Gasteiger partial charge < -0.3 is 10.1 Å². The molecule has 15 heavy (non-hydrogen) atoms. The van der Waals surface area contributed by atoms with Crippen LogP contribution in [0.2, 0.25) is 0 Å². The lowest BCUT2D eigenvalue weighted by molar-refractivity contribution is -0.126. The standard InChI is InChI=1S/C12H13NO2/c1-15-12-7-3-2-4-8-5-6-9(12)13-11(14)10(8)12/h2-10H,1H3,(H,13,14)/t8-,9+,10+,12+/m0/s1. The number of ether oxygens (including phenoxy) is 1. The molecule has 3 nitrogen and oxygen atoms in total. The quantitative estimate of drug-likeness (QED) is 0.640. The van der Waals surface area contributed by atoms with Gasteiger partial charge in [0.15, 0.2) is 0 Å². The van der Waals surface area contributed by atoms with Gasteiger partial charge in [-0.1, -0.05) is 30.4 Å². The molecule has 78 valence electrons. The van der Waals surface area contributed by atoms with Crippen LogP contribution in [0, 0.1) is 11.8 Å². The summed E-state index contributed by atoms with van der Waals surface area (Å²) >= 11 is 0. The number of hydrogen-bond donors (Lipinski definition) is 1.